The number of nitrogen functional groups attached to an aromatic ring is 2. The summed E-state index contributed by atoms with van der Waals surface area (Å²) in [4.78, 5) is 10.0. The van der Waals surface area contributed by atoms with E-state index in [0.29, 0.717) is 36.0 Å². The lowest BCUT2D eigenvalue weighted by molar-refractivity contribution is 0.244. The highest BCUT2D eigenvalue weighted by molar-refractivity contribution is 5.74. The topological polar surface area (TPSA) is 123 Å². The number of rotatable bonds is 7. The number of ether oxygens (including phenoxy) is 2. The minimum atomic E-state index is 0.00997. The second-order valence-electron chi connectivity index (χ2n) is 5.55. The van der Waals surface area contributed by atoms with Crippen molar-refractivity contribution < 1.29 is 9.47 Å². The van der Waals surface area contributed by atoms with Crippen molar-refractivity contribution in [2.24, 2.45) is 0 Å². The molecule has 0 radical (unpaired) electrons. The van der Waals surface area contributed by atoms with Crippen molar-refractivity contribution in [2.75, 3.05) is 45.3 Å². The first-order valence-electron chi connectivity index (χ1n) is 7.84. The molecule has 2 rings (SSSR count). The number of aromatic nitrogens is 2. The van der Waals surface area contributed by atoms with Gasteiger partial charge in [-0.05, 0) is 39.2 Å². The molecule has 0 amide bonds. The summed E-state index contributed by atoms with van der Waals surface area (Å²) >= 11 is 0. The molecule has 132 valence electrons. The van der Waals surface area contributed by atoms with Crippen LogP contribution in [-0.4, -0.2) is 48.7 Å². The summed E-state index contributed by atoms with van der Waals surface area (Å²) in [5.74, 6) is 1.25. The number of nitrogens with zero attached hydrogens (tertiary/aromatic N) is 4. The normalized spacial score (nSPS) is 10.5. The van der Waals surface area contributed by atoms with Crippen molar-refractivity contribution in [3.8, 4) is 28.8 Å². The summed E-state index contributed by atoms with van der Waals surface area (Å²) in [5.41, 5.74) is 12.6. The first-order chi connectivity index (χ1) is 12.0. The standard InChI is InChI=1S/C17H22N6O2/c1-4-24-14-9-11(5-6-13(14)25-8-7-23(2)3)15-12(10-18)16(19)22-17(20)21-15/h5-6,9H,4,7-8H2,1-3H3,(H4,19,20,21,22). The Morgan fingerprint density at radius 2 is 1.92 bits per heavy atom. The zero-order valence-corrected chi connectivity index (χ0v) is 14.6. The van der Waals surface area contributed by atoms with Crippen LogP contribution in [0, 0.1) is 11.3 Å². The Morgan fingerprint density at radius 3 is 2.56 bits per heavy atom. The molecule has 0 aliphatic rings. The zero-order chi connectivity index (χ0) is 18.4. The third kappa shape index (κ3) is 4.49. The summed E-state index contributed by atoms with van der Waals surface area (Å²) in [5, 5.41) is 9.34. The van der Waals surface area contributed by atoms with Gasteiger partial charge in [0, 0.05) is 12.1 Å². The first kappa shape index (κ1) is 18.3. The lowest BCUT2D eigenvalue weighted by Crippen LogP contribution is -2.19. The molecule has 0 unspecified atom stereocenters. The van der Waals surface area contributed by atoms with Crippen LogP contribution >= 0.6 is 0 Å². The quantitative estimate of drug-likeness (QED) is 0.776. The maximum Gasteiger partial charge on any atom is 0.222 e. The Labute approximate surface area is 147 Å². The largest absolute Gasteiger partial charge is 0.490 e. The Morgan fingerprint density at radius 1 is 1.16 bits per heavy atom. The molecule has 0 spiro atoms. The molecule has 0 aliphatic carbocycles. The lowest BCUT2D eigenvalue weighted by atomic mass is 10.1. The van der Waals surface area contributed by atoms with Crippen molar-refractivity contribution >= 4 is 11.8 Å². The molecule has 0 saturated carbocycles. The number of nitrogens with two attached hydrogens (primary N) is 2. The molecule has 8 nitrogen and oxygen atoms in total. The number of hydrogen-bond donors (Lipinski definition) is 2. The van der Waals surface area contributed by atoms with Gasteiger partial charge in [-0.25, -0.2) is 4.98 Å². The summed E-state index contributed by atoms with van der Waals surface area (Å²) in [7, 11) is 3.95. The van der Waals surface area contributed by atoms with Crippen molar-refractivity contribution in [3.05, 3.63) is 23.8 Å². The van der Waals surface area contributed by atoms with E-state index in [4.69, 9.17) is 20.9 Å². The van der Waals surface area contributed by atoms with Crippen molar-refractivity contribution in [1.82, 2.24) is 14.9 Å². The summed E-state index contributed by atoms with van der Waals surface area (Å²) in [6.45, 7) is 3.68. The molecule has 0 bridgehead atoms. The number of likely N-dealkylation sites (N-methyl/N-ethyl adjacent to an activating group) is 1. The van der Waals surface area contributed by atoms with Crippen LogP contribution in [0.5, 0.6) is 11.5 Å². The Balaban J connectivity index is 2.41. The van der Waals surface area contributed by atoms with Gasteiger partial charge in [0.2, 0.25) is 5.95 Å². The average molecular weight is 342 g/mol. The third-order valence-corrected chi connectivity index (χ3v) is 3.38. The molecule has 1 heterocycles. The summed E-state index contributed by atoms with van der Waals surface area (Å²) in [6.07, 6.45) is 0. The molecule has 0 atom stereocenters. The molecule has 1 aromatic carbocycles. The predicted molar refractivity (Wildman–Crippen MR) is 96.2 cm³/mol. The Bertz CT molecular complexity index is 785. The lowest BCUT2D eigenvalue weighted by Gasteiger charge is -2.15. The number of anilines is 2. The van der Waals surface area contributed by atoms with Crippen LogP contribution in [0.1, 0.15) is 12.5 Å². The highest BCUT2D eigenvalue weighted by atomic mass is 16.5. The average Bonchev–Trinajstić information content (AvgIpc) is 2.55. The van der Waals surface area contributed by atoms with E-state index in [-0.39, 0.29) is 17.3 Å². The van der Waals surface area contributed by atoms with Crippen molar-refractivity contribution in [3.63, 3.8) is 0 Å². The molecule has 8 heteroatoms. The summed E-state index contributed by atoms with van der Waals surface area (Å²) in [6, 6.07) is 7.35. The molecular formula is C17H22N6O2. The van der Waals surface area contributed by atoms with Gasteiger partial charge < -0.3 is 25.8 Å². The fourth-order valence-electron chi connectivity index (χ4n) is 2.20. The minimum absolute atomic E-state index is 0.00997. The summed E-state index contributed by atoms with van der Waals surface area (Å²) < 4.78 is 11.4. The molecule has 1 aromatic heterocycles. The van der Waals surface area contributed by atoms with Gasteiger partial charge in [0.1, 0.15) is 24.1 Å². The van der Waals surface area contributed by atoms with Crippen LogP contribution in [0.2, 0.25) is 0 Å². The fourth-order valence-corrected chi connectivity index (χ4v) is 2.20. The molecule has 25 heavy (non-hydrogen) atoms. The van der Waals surface area contributed by atoms with Crippen LogP contribution < -0.4 is 20.9 Å². The van der Waals surface area contributed by atoms with Crippen molar-refractivity contribution in [1.29, 1.82) is 5.26 Å². The van der Waals surface area contributed by atoms with E-state index < -0.39 is 0 Å². The Kier molecular flexibility index (Phi) is 5.98. The molecule has 0 saturated heterocycles. The van der Waals surface area contributed by atoms with Crippen molar-refractivity contribution in [2.45, 2.75) is 6.92 Å². The maximum absolute atomic E-state index is 9.34. The van der Waals surface area contributed by atoms with E-state index in [9.17, 15) is 5.26 Å². The second kappa shape index (κ2) is 8.17. The van der Waals surface area contributed by atoms with E-state index in [2.05, 4.69) is 9.97 Å². The van der Waals surface area contributed by atoms with Gasteiger partial charge >= 0.3 is 0 Å². The van der Waals surface area contributed by atoms with E-state index in [1.54, 1.807) is 18.2 Å². The van der Waals surface area contributed by atoms with Crippen LogP contribution in [0.3, 0.4) is 0 Å². The van der Waals surface area contributed by atoms with E-state index in [1.807, 2.05) is 32.0 Å². The van der Waals surface area contributed by atoms with E-state index >= 15 is 0 Å². The third-order valence-electron chi connectivity index (χ3n) is 3.38. The Hall–Kier alpha value is -3.05. The second-order valence-corrected chi connectivity index (χ2v) is 5.55. The van der Waals surface area contributed by atoms with Gasteiger partial charge in [-0.3, -0.25) is 0 Å². The van der Waals surface area contributed by atoms with Crippen LogP contribution in [0.15, 0.2) is 18.2 Å². The number of nitriles is 1. The number of benzene rings is 1. The number of hydrogen-bond acceptors (Lipinski definition) is 8. The van der Waals surface area contributed by atoms with Gasteiger partial charge in [0.25, 0.3) is 0 Å². The zero-order valence-electron chi connectivity index (χ0n) is 14.6. The van der Waals surface area contributed by atoms with Gasteiger partial charge in [-0.1, -0.05) is 0 Å². The molecule has 0 fully saturated rings. The molecular weight excluding hydrogens is 320 g/mol. The first-order valence-corrected chi connectivity index (χ1v) is 7.84. The predicted octanol–water partition coefficient (Wildman–Crippen LogP) is 1.52. The highest BCUT2D eigenvalue weighted by Gasteiger charge is 2.16. The van der Waals surface area contributed by atoms with Crippen LogP contribution in [0.25, 0.3) is 11.3 Å². The monoisotopic (exact) mass is 342 g/mol. The van der Waals surface area contributed by atoms with Gasteiger partial charge in [0.05, 0.1) is 12.3 Å². The van der Waals surface area contributed by atoms with Gasteiger partial charge in [0.15, 0.2) is 11.5 Å². The van der Waals surface area contributed by atoms with E-state index in [0.717, 1.165) is 6.54 Å². The maximum atomic E-state index is 9.34. The van der Waals surface area contributed by atoms with Crippen LogP contribution in [0.4, 0.5) is 11.8 Å². The van der Waals surface area contributed by atoms with Gasteiger partial charge in [-0.2, -0.15) is 10.2 Å². The molecule has 2 aromatic rings. The smallest absolute Gasteiger partial charge is 0.222 e. The fraction of sp³-hybridized carbons (Fsp3) is 0.353. The SMILES string of the molecule is CCOc1cc(-c2nc(N)nc(N)c2C#N)ccc1OCCN(C)C. The van der Waals surface area contributed by atoms with E-state index in [1.165, 1.54) is 0 Å². The van der Waals surface area contributed by atoms with Crippen LogP contribution in [-0.2, 0) is 0 Å². The molecule has 4 N–H and O–H groups in total. The minimum Gasteiger partial charge on any atom is -0.490 e. The van der Waals surface area contributed by atoms with Gasteiger partial charge in [-0.15, -0.1) is 0 Å². The molecule has 0 aliphatic heterocycles. The highest BCUT2D eigenvalue weighted by Crippen LogP contribution is 2.34.